The molecule has 8 nitrogen and oxygen atoms in total. The van der Waals surface area contributed by atoms with Crippen LogP contribution in [-0.4, -0.2) is 80.5 Å². The van der Waals surface area contributed by atoms with E-state index in [0.717, 1.165) is 23.3 Å². The van der Waals surface area contributed by atoms with Crippen LogP contribution in [0, 0.1) is 0 Å². The molecule has 1 amide bonds. The van der Waals surface area contributed by atoms with Crippen molar-refractivity contribution in [2.24, 2.45) is 0 Å². The Kier molecular flexibility index (Phi) is 13.2. The zero-order valence-electron chi connectivity index (χ0n) is 18.9. The molecule has 0 saturated heterocycles. The van der Waals surface area contributed by atoms with Crippen LogP contribution in [0.3, 0.4) is 0 Å². The maximum Gasteiger partial charge on any atom is 0.422 e. The van der Waals surface area contributed by atoms with Crippen LogP contribution >= 0.6 is 0 Å². The molecule has 188 valence electrons. The summed E-state index contributed by atoms with van der Waals surface area (Å²) in [7, 11) is 0. The third kappa shape index (κ3) is 12.9. The van der Waals surface area contributed by atoms with Gasteiger partial charge in [0.1, 0.15) is 12.4 Å². The lowest BCUT2D eigenvalue weighted by molar-refractivity contribution is -0.162. The van der Waals surface area contributed by atoms with E-state index >= 15 is 0 Å². The van der Waals surface area contributed by atoms with Crippen molar-refractivity contribution in [2.45, 2.75) is 45.4 Å². The fourth-order valence-electron chi connectivity index (χ4n) is 2.68. The molecule has 0 radical (unpaired) electrons. The normalized spacial score (nSPS) is 12.3. The van der Waals surface area contributed by atoms with Crippen molar-refractivity contribution in [3.05, 3.63) is 29.8 Å². The molecule has 1 N–H and O–H groups in total. The number of carbonyl (C=O) groups excluding carboxylic acids is 1. The van der Waals surface area contributed by atoms with Gasteiger partial charge in [-0.1, -0.05) is 25.5 Å². The van der Waals surface area contributed by atoms with Crippen molar-refractivity contribution in [1.82, 2.24) is 4.90 Å². The molecular formula is C22H32F3NO7. The van der Waals surface area contributed by atoms with Crippen molar-refractivity contribution >= 4 is 12.1 Å². The van der Waals surface area contributed by atoms with Crippen LogP contribution in [-0.2, 0) is 25.4 Å². The Bertz CT molecular complexity index is 698. The molecule has 1 aromatic carbocycles. The predicted octanol–water partition coefficient (Wildman–Crippen LogP) is 3.92. The minimum Gasteiger partial charge on any atom is -0.492 e. The number of rotatable bonds is 16. The van der Waals surface area contributed by atoms with Crippen molar-refractivity contribution in [3.8, 4) is 5.75 Å². The maximum atomic E-state index is 12.4. The van der Waals surface area contributed by atoms with Gasteiger partial charge >= 0.3 is 18.2 Å². The highest BCUT2D eigenvalue weighted by Gasteiger charge is 2.30. The summed E-state index contributed by atoms with van der Waals surface area (Å²) in [5.41, 5.74) is 0.741. The highest BCUT2D eigenvalue weighted by molar-refractivity contribution is 5.72. The number of hydrogen-bond donors (Lipinski definition) is 1. The smallest absolute Gasteiger partial charge is 0.422 e. The molecule has 0 saturated carbocycles. The van der Waals surface area contributed by atoms with Crippen molar-refractivity contribution in [1.29, 1.82) is 0 Å². The van der Waals surface area contributed by atoms with Gasteiger partial charge in [0.25, 0.3) is 0 Å². The van der Waals surface area contributed by atoms with Crippen molar-refractivity contribution in [3.63, 3.8) is 0 Å². The number of benzene rings is 1. The molecule has 0 heterocycles. The second-order valence-electron chi connectivity index (χ2n) is 7.10. The molecule has 0 aliphatic rings. The summed E-state index contributed by atoms with van der Waals surface area (Å²) in [6.45, 7) is 3.08. The maximum absolute atomic E-state index is 12.4. The third-order valence-corrected chi connectivity index (χ3v) is 4.38. The van der Waals surface area contributed by atoms with E-state index in [1.165, 1.54) is 0 Å². The van der Waals surface area contributed by atoms with E-state index in [4.69, 9.17) is 19.3 Å². The number of unbranched alkanes of at least 4 members (excludes halogenated alkanes) is 1. The number of carboxylic acid groups (broad SMARTS) is 1. The summed E-state index contributed by atoms with van der Waals surface area (Å²) >= 11 is 0. The van der Waals surface area contributed by atoms with E-state index in [0.29, 0.717) is 12.4 Å². The number of amides is 1. The van der Waals surface area contributed by atoms with Crippen LogP contribution in [0.2, 0.25) is 0 Å². The molecule has 33 heavy (non-hydrogen) atoms. The van der Waals surface area contributed by atoms with Gasteiger partial charge in [-0.3, -0.25) is 0 Å². The summed E-state index contributed by atoms with van der Waals surface area (Å²) in [6.07, 6.45) is -4.68. The first-order chi connectivity index (χ1) is 15.7. The standard InChI is InChI=1S/C22H32F3NO7/c1-3-5-12-30-13-10-26(21(29)33-16-22(23,24)25)11-14-32-18-8-6-17(7-9-18)15-19(20(27)28)31-4-2/h6-9,19H,3-5,10-16H2,1-2H3,(H,27,28). The lowest BCUT2D eigenvalue weighted by Gasteiger charge is -2.22. The van der Waals surface area contributed by atoms with Gasteiger partial charge < -0.3 is 29.0 Å². The fraction of sp³-hybridized carbons (Fsp3) is 0.636. The quantitative estimate of drug-likeness (QED) is 0.359. The van der Waals surface area contributed by atoms with Gasteiger partial charge in [-0.05, 0) is 31.0 Å². The zero-order chi connectivity index (χ0) is 24.7. The minimum absolute atomic E-state index is 0.001000. The molecule has 0 spiro atoms. The number of nitrogens with zero attached hydrogens (tertiary/aromatic N) is 1. The Balaban J connectivity index is 2.57. The van der Waals surface area contributed by atoms with Gasteiger partial charge in [-0.25, -0.2) is 9.59 Å². The lowest BCUT2D eigenvalue weighted by Crippen LogP contribution is -2.39. The van der Waals surface area contributed by atoms with Gasteiger partial charge in [-0.15, -0.1) is 0 Å². The molecule has 0 fully saturated rings. The van der Waals surface area contributed by atoms with E-state index in [1.807, 2.05) is 6.92 Å². The second-order valence-corrected chi connectivity index (χ2v) is 7.10. The molecule has 0 aliphatic carbocycles. The van der Waals surface area contributed by atoms with Gasteiger partial charge in [0.15, 0.2) is 12.7 Å². The van der Waals surface area contributed by atoms with Crippen LogP contribution in [0.25, 0.3) is 0 Å². The number of halogens is 3. The van der Waals surface area contributed by atoms with Crippen LogP contribution in [0.1, 0.15) is 32.3 Å². The molecule has 1 rings (SSSR count). The first kappa shape index (κ1) is 28.5. The third-order valence-electron chi connectivity index (χ3n) is 4.38. The number of carbonyl (C=O) groups is 2. The fourth-order valence-corrected chi connectivity index (χ4v) is 2.68. The van der Waals surface area contributed by atoms with E-state index < -0.39 is 30.9 Å². The number of carboxylic acids is 1. The zero-order valence-corrected chi connectivity index (χ0v) is 18.9. The average molecular weight is 479 g/mol. The number of hydrogen-bond acceptors (Lipinski definition) is 6. The summed E-state index contributed by atoms with van der Waals surface area (Å²) in [6, 6.07) is 6.67. The van der Waals surface area contributed by atoms with Gasteiger partial charge in [0, 0.05) is 26.2 Å². The molecular weight excluding hydrogens is 447 g/mol. The topological polar surface area (TPSA) is 94.5 Å². The highest BCUT2D eigenvalue weighted by atomic mass is 19.4. The van der Waals surface area contributed by atoms with E-state index in [-0.39, 0.29) is 39.3 Å². The van der Waals surface area contributed by atoms with Crippen LogP contribution in [0.4, 0.5) is 18.0 Å². The highest BCUT2D eigenvalue weighted by Crippen LogP contribution is 2.16. The van der Waals surface area contributed by atoms with E-state index in [1.54, 1.807) is 31.2 Å². The summed E-state index contributed by atoms with van der Waals surface area (Å²) < 4.78 is 57.5. The summed E-state index contributed by atoms with van der Waals surface area (Å²) in [5.74, 6) is -0.585. The number of ether oxygens (including phenoxy) is 4. The molecule has 1 atom stereocenters. The number of aliphatic carboxylic acids is 1. The monoisotopic (exact) mass is 479 g/mol. The molecule has 1 unspecified atom stereocenters. The summed E-state index contributed by atoms with van der Waals surface area (Å²) in [5, 5.41) is 9.16. The summed E-state index contributed by atoms with van der Waals surface area (Å²) in [4.78, 5) is 24.3. The van der Waals surface area contributed by atoms with Crippen molar-refractivity contribution in [2.75, 3.05) is 46.1 Å². The van der Waals surface area contributed by atoms with Gasteiger partial charge in [-0.2, -0.15) is 13.2 Å². The first-order valence-corrected chi connectivity index (χ1v) is 10.8. The Morgan fingerprint density at radius 3 is 2.30 bits per heavy atom. The Morgan fingerprint density at radius 2 is 1.73 bits per heavy atom. The van der Waals surface area contributed by atoms with E-state index in [9.17, 15) is 22.8 Å². The molecule has 0 aromatic heterocycles. The Morgan fingerprint density at radius 1 is 1.06 bits per heavy atom. The number of alkyl halides is 3. The van der Waals surface area contributed by atoms with Gasteiger partial charge in [0.2, 0.25) is 0 Å². The minimum atomic E-state index is -4.61. The largest absolute Gasteiger partial charge is 0.492 e. The SMILES string of the molecule is CCCCOCCN(CCOc1ccc(CC(OCC)C(=O)O)cc1)C(=O)OCC(F)(F)F. The Hall–Kier alpha value is -2.53. The van der Waals surface area contributed by atoms with Crippen molar-refractivity contribution < 1.29 is 46.8 Å². The lowest BCUT2D eigenvalue weighted by atomic mass is 10.1. The molecule has 1 aromatic rings. The average Bonchev–Trinajstić information content (AvgIpc) is 2.76. The van der Waals surface area contributed by atoms with E-state index in [2.05, 4.69) is 4.74 Å². The van der Waals surface area contributed by atoms with Gasteiger partial charge in [0.05, 0.1) is 13.2 Å². The molecule has 0 aliphatic heterocycles. The van der Waals surface area contributed by atoms with Crippen LogP contribution in [0.5, 0.6) is 5.75 Å². The molecule has 11 heteroatoms. The first-order valence-electron chi connectivity index (χ1n) is 10.8. The predicted molar refractivity (Wildman–Crippen MR) is 113 cm³/mol. The molecule has 0 bridgehead atoms. The van der Waals surface area contributed by atoms with Crippen LogP contribution < -0.4 is 4.74 Å². The van der Waals surface area contributed by atoms with Crippen LogP contribution in [0.15, 0.2) is 24.3 Å². The second kappa shape index (κ2) is 15.3. The Labute approximate surface area is 191 Å².